The second-order valence-corrected chi connectivity index (χ2v) is 2.09. The lowest BCUT2D eigenvalue weighted by atomic mass is 10.5. The van der Waals surface area contributed by atoms with E-state index in [1.807, 2.05) is 0 Å². The van der Waals surface area contributed by atoms with E-state index in [9.17, 15) is 0 Å². The van der Waals surface area contributed by atoms with E-state index >= 15 is 0 Å². The molecule has 9 heavy (non-hydrogen) atoms. The standard InChI is InChI=1S/C5H11ClO3/c6-5(8)4-9-3-1-2-7/h5,7-8H,1-4H2. The molecule has 0 saturated heterocycles. The molecule has 1 atom stereocenters. The summed E-state index contributed by atoms with van der Waals surface area (Å²) in [6.07, 6.45) is 0.587. The number of rotatable bonds is 5. The molecule has 3 nitrogen and oxygen atoms in total. The quantitative estimate of drug-likeness (QED) is 0.431. The molecule has 1 unspecified atom stereocenters. The molecule has 0 heterocycles. The fourth-order valence-electron chi connectivity index (χ4n) is 0.347. The van der Waals surface area contributed by atoms with Crippen molar-refractivity contribution in [2.75, 3.05) is 19.8 Å². The molecule has 0 aromatic carbocycles. The first-order valence-electron chi connectivity index (χ1n) is 2.78. The lowest BCUT2D eigenvalue weighted by molar-refractivity contribution is 0.0656. The van der Waals surface area contributed by atoms with Gasteiger partial charge in [0.2, 0.25) is 0 Å². The number of aliphatic hydroxyl groups is 2. The average Bonchev–Trinajstić information content (AvgIpc) is 1.80. The lowest BCUT2D eigenvalue weighted by Crippen LogP contribution is -2.08. The van der Waals surface area contributed by atoms with Gasteiger partial charge in [-0.05, 0) is 6.42 Å². The fraction of sp³-hybridized carbons (Fsp3) is 1.00. The summed E-state index contributed by atoms with van der Waals surface area (Å²) in [7, 11) is 0. The first-order chi connectivity index (χ1) is 4.27. The Kier molecular flexibility index (Phi) is 6.41. The van der Waals surface area contributed by atoms with E-state index in [1.54, 1.807) is 0 Å². The van der Waals surface area contributed by atoms with Crippen LogP contribution >= 0.6 is 11.6 Å². The van der Waals surface area contributed by atoms with Crippen LogP contribution in [0.25, 0.3) is 0 Å². The van der Waals surface area contributed by atoms with E-state index in [-0.39, 0.29) is 13.2 Å². The minimum Gasteiger partial charge on any atom is -0.396 e. The van der Waals surface area contributed by atoms with Crippen LogP contribution in [-0.2, 0) is 4.74 Å². The van der Waals surface area contributed by atoms with Crippen molar-refractivity contribution in [2.45, 2.75) is 12.0 Å². The molecule has 0 radical (unpaired) electrons. The van der Waals surface area contributed by atoms with Crippen LogP contribution in [0.4, 0.5) is 0 Å². The molecule has 0 spiro atoms. The second kappa shape index (κ2) is 6.29. The number of hydrogen-bond donors (Lipinski definition) is 2. The van der Waals surface area contributed by atoms with E-state index < -0.39 is 5.56 Å². The largest absolute Gasteiger partial charge is 0.396 e. The molecule has 0 aliphatic heterocycles. The molecule has 0 aromatic rings. The van der Waals surface area contributed by atoms with Gasteiger partial charge >= 0.3 is 0 Å². The minimum absolute atomic E-state index is 0.110. The van der Waals surface area contributed by atoms with Crippen LogP contribution in [0.1, 0.15) is 6.42 Å². The van der Waals surface area contributed by atoms with E-state index in [1.165, 1.54) is 0 Å². The van der Waals surface area contributed by atoms with Gasteiger partial charge in [-0.1, -0.05) is 11.6 Å². The zero-order valence-corrected chi connectivity index (χ0v) is 5.84. The van der Waals surface area contributed by atoms with E-state index in [2.05, 4.69) is 0 Å². The molecule has 56 valence electrons. The van der Waals surface area contributed by atoms with Crippen LogP contribution in [0, 0.1) is 0 Å². The van der Waals surface area contributed by atoms with Gasteiger partial charge in [0.1, 0.15) is 0 Å². The maximum atomic E-state index is 8.43. The first kappa shape index (κ1) is 9.17. The van der Waals surface area contributed by atoms with Gasteiger partial charge in [-0.15, -0.1) is 0 Å². The summed E-state index contributed by atoms with van der Waals surface area (Å²) in [5.41, 5.74) is -0.927. The Morgan fingerprint density at radius 3 is 2.67 bits per heavy atom. The van der Waals surface area contributed by atoms with Gasteiger partial charge in [0.15, 0.2) is 5.56 Å². The molecule has 0 aliphatic rings. The molecule has 0 fully saturated rings. The molecule has 0 aliphatic carbocycles. The van der Waals surface area contributed by atoms with Crippen molar-refractivity contribution in [1.29, 1.82) is 0 Å². The highest BCUT2D eigenvalue weighted by Crippen LogP contribution is 1.90. The van der Waals surface area contributed by atoms with Crippen LogP contribution in [0.15, 0.2) is 0 Å². The van der Waals surface area contributed by atoms with Gasteiger partial charge in [-0.25, -0.2) is 0 Å². The molecule has 0 amide bonds. The van der Waals surface area contributed by atoms with Gasteiger partial charge in [0.05, 0.1) is 6.61 Å². The van der Waals surface area contributed by atoms with Gasteiger partial charge in [0.25, 0.3) is 0 Å². The highest BCUT2D eigenvalue weighted by atomic mass is 35.5. The smallest absolute Gasteiger partial charge is 0.151 e. The third-order valence-electron chi connectivity index (χ3n) is 0.702. The zero-order valence-electron chi connectivity index (χ0n) is 5.09. The van der Waals surface area contributed by atoms with Crippen molar-refractivity contribution < 1.29 is 14.9 Å². The lowest BCUT2D eigenvalue weighted by Gasteiger charge is -2.02. The summed E-state index contributed by atoms with van der Waals surface area (Å²) in [5.74, 6) is 0. The summed E-state index contributed by atoms with van der Waals surface area (Å²) in [5, 5.41) is 16.7. The van der Waals surface area contributed by atoms with Crippen molar-refractivity contribution in [2.24, 2.45) is 0 Å². The third kappa shape index (κ3) is 8.17. The predicted octanol–water partition coefficient (Wildman–Crippen LogP) is -0.0574. The molecule has 0 bridgehead atoms. The summed E-state index contributed by atoms with van der Waals surface area (Å²) < 4.78 is 4.79. The van der Waals surface area contributed by atoms with E-state index in [4.69, 9.17) is 26.6 Å². The third-order valence-corrected chi connectivity index (χ3v) is 0.828. The Bertz CT molecular complexity index is 58.2. The van der Waals surface area contributed by atoms with Gasteiger partial charge < -0.3 is 14.9 Å². The van der Waals surface area contributed by atoms with Gasteiger partial charge in [0, 0.05) is 13.2 Å². The van der Waals surface area contributed by atoms with Gasteiger partial charge in [-0.2, -0.15) is 0 Å². The second-order valence-electron chi connectivity index (χ2n) is 1.59. The predicted molar refractivity (Wildman–Crippen MR) is 34.4 cm³/mol. The maximum absolute atomic E-state index is 8.43. The number of aliphatic hydroxyl groups excluding tert-OH is 2. The van der Waals surface area contributed by atoms with Gasteiger partial charge in [-0.3, -0.25) is 0 Å². The molecule has 0 saturated carbocycles. The molecule has 2 N–H and O–H groups in total. The number of hydrogen-bond acceptors (Lipinski definition) is 3. The van der Waals surface area contributed by atoms with Crippen LogP contribution in [-0.4, -0.2) is 35.6 Å². The highest BCUT2D eigenvalue weighted by molar-refractivity contribution is 6.19. The minimum atomic E-state index is -0.927. The normalized spacial score (nSPS) is 13.7. The Hall–Kier alpha value is 0.170. The summed E-state index contributed by atoms with van der Waals surface area (Å²) in [6, 6.07) is 0. The Balaban J connectivity index is 2.75. The number of halogens is 1. The van der Waals surface area contributed by atoms with Crippen LogP contribution in [0.3, 0.4) is 0 Å². The monoisotopic (exact) mass is 154 g/mol. The number of ether oxygens (including phenoxy) is 1. The zero-order chi connectivity index (χ0) is 7.11. The van der Waals surface area contributed by atoms with Crippen LogP contribution < -0.4 is 0 Å². The molecule has 0 aromatic heterocycles. The molecule has 0 rings (SSSR count). The molecular formula is C5H11ClO3. The SMILES string of the molecule is OCCCOCC(O)Cl. The van der Waals surface area contributed by atoms with Crippen molar-refractivity contribution in [3.63, 3.8) is 0 Å². The molecule has 4 heteroatoms. The van der Waals surface area contributed by atoms with Crippen LogP contribution in [0.2, 0.25) is 0 Å². The van der Waals surface area contributed by atoms with E-state index in [0.717, 1.165) is 0 Å². The maximum Gasteiger partial charge on any atom is 0.151 e. The van der Waals surface area contributed by atoms with Crippen molar-refractivity contribution in [3.05, 3.63) is 0 Å². The summed E-state index contributed by atoms with van der Waals surface area (Å²) in [6.45, 7) is 0.681. The fourth-order valence-corrected chi connectivity index (χ4v) is 0.436. The van der Waals surface area contributed by atoms with Crippen molar-refractivity contribution in [1.82, 2.24) is 0 Å². The Morgan fingerprint density at radius 2 is 2.22 bits per heavy atom. The topological polar surface area (TPSA) is 49.7 Å². The summed E-state index contributed by atoms with van der Waals surface area (Å²) >= 11 is 5.12. The van der Waals surface area contributed by atoms with Crippen LogP contribution in [0.5, 0.6) is 0 Å². The highest BCUT2D eigenvalue weighted by Gasteiger charge is 1.95. The number of alkyl halides is 1. The summed E-state index contributed by atoms with van der Waals surface area (Å²) in [4.78, 5) is 0. The molecular weight excluding hydrogens is 144 g/mol. The van der Waals surface area contributed by atoms with E-state index in [0.29, 0.717) is 13.0 Å². The Morgan fingerprint density at radius 1 is 1.56 bits per heavy atom. The Labute approximate surface area is 59.2 Å². The average molecular weight is 155 g/mol. The first-order valence-corrected chi connectivity index (χ1v) is 3.21. The van der Waals surface area contributed by atoms with Crippen molar-refractivity contribution >= 4 is 11.6 Å². The van der Waals surface area contributed by atoms with Crippen molar-refractivity contribution in [3.8, 4) is 0 Å².